The van der Waals surface area contributed by atoms with E-state index in [4.69, 9.17) is 33.3 Å². The monoisotopic (exact) mass is 576 g/mol. The summed E-state index contributed by atoms with van der Waals surface area (Å²) in [5.41, 5.74) is 5.24. The van der Waals surface area contributed by atoms with Crippen LogP contribution in [0.15, 0.2) is 72.9 Å². The molecule has 0 amide bonds. The Labute approximate surface area is 243 Å². The van der Waals surface area contributed by atoms with Crippen LogP contribution in [0, 0.1) is 13.8 Å². The van der Waals surface area contributed by atoms with Gasteiger partial charge in [-0.1, -0.05) is 29.8 Å². The third-order valence-corrected chi connectivity index (χ3v) is 7.61. The number of carboxylic acids is 1. The molecule has 1 saturated heterocycles. The van der Waals surface area contributed by atoms with E-state index in [9.17, 15) is 9.90 Å². The van der Waals surface area contributed by atoms with Gasteiger partial charge in [0, 0.05) is 30.4 Å². The molecule has 1 fully saturated rings. The molecule has 0 aliphatic carbocycles. The largest absolute Gasteiger partial charge is 0.490 e. The number of aryl methyl sites for hydroxylation is 1. The quantitative estimate of drug-likeness (QED) is 0.184. The molecule has 8 nitrogen and oxygen atoms in total. The minimum atomic E-state index is -0.983. The molecule has 1 aliphatic rings. The molecular formula is C30H29ClN4O4S. The van der Waals surface area contributed by atoms with Crippen LogP contribution in [0.1, 0.15) is 45.1 Å². The second kappa shape index (κ2) is 11.7. The van der Waals surface area contributed by atoms with Crippen molar-refractivity contribution < 1.29 is 19.4 Å². The molecule has 0 unspecified atom stereocenters. The van der Waals surface area contributed by atoms with Gasteiger partial charge in [-0.3, -0.25) is 4.98 Å². The summed E-state index contributed by atoms with van der Waals surface area (Å²) < 4.78 is 12.8. The van der Waals surface area contributed by atoms with E-state index in [0.717, 1.165) is 28.3 Å². The Bertz CT molecular complexity index is 1560. The van der Waals surface area contributed by atoms with E-state index >= 15 is 0 Å². The topological polar surface area (TPSA) is 88.9 Å². The zero-order valence-corrected chi connectivity index (χ0v) is 23.9. The number of carboxylic acid groups (broad SMARTS) is 1. The zero-order chi connectivity index (χ0) is 28.4. The lowest BCUT2D eigenvalue weighted by Gasteiger charge is -2.28. The van der Waals surface area contributed by atoms with Crippen molar-refractivity contribution in [2.24, 2.45) is 0 Å². The second-order valence-electron chi connectivity index (χ2n) is 9.44. The number of nitrogens with zero attached hydrogens (tertiary/aromatic N) is 3. The van der Waals surface area contributed by atoms with Crippen molar-refractivity contribution in [2.75, 3.05) is 25.2 Å². The Morgan fingerprint density at radius 1 is 1.10 bits per heavy atom. The van der Waals surface area contributed by atoms with Crippen molar-refractivity contribution in [1.82, 2.24) is 14.9 Å². The van der Waals surface area contributed by atoms with E-state index in [1.807, 2.05) is 71.8 Å². The lowest BCUT2D eigenvalue weighted by Crippen LogP contribution is -2.29. The number of methoxy groups -OCH3 is 1. The van der Waals surface area contributed by atoms with E-state index < -0.39 is 5.97 Å². The molecule has 0 bridgehead atoms. The van der Waals surface area contributed by atoms with Crippen LogP contribution in [0.2, 0.25) is 5.02 Å². The second-order valence-corrected chi connectivity index (χ2v) is 10.2. The van der Waals surface area contributed by atoms with E-state index in [1.54, 1.807) is 25.4 Å². The molecule has 10 heteroatoms. The third kappa shape index (κ3) is 5.15. The minimum absolute atomic E-state index is 0.227. The Morgan fingerprint density at radius 2 is 1.88 bits per heavy atom. The summed E-state index contributed by atoms with van der Waals surface area (Å²) in [7, 11) is 1.62. The first-order valence-corrected chi connectivity index (χ1v) is 13.5. The zero-order valence-electron chi connectivity index (χ0n) is 22.3. The van der Waals surface area contributed by atoms with Crippen LogP contribution < -0.4 is 15.0 Å². The molecule has 2 aromatic carbocycles. The highest BCUT2D eigenvalue weighted by Gasteiger charge is 2.42. The molecule has 0 radical (unpaired) electrons. The maximum Gasteiger partial charge on any atom is 0.337 e. The van der Waals surface area contributed by atoms with Crippen LogP contribution in [0.25, 0.3) is 5.69 Å². The van der Waals surface area contributed by atoms with Gasteiger partial charge in [-0.25, -0.2) is 4.79 Å². The molecule has 2 aromatic heterocycles. The number of benzene rings is 2. The van der Waals surface area contributed by atoms with E-state index in [0.29, 0.717) is 34.8 Å². The van der Waals surface area contributed by atoms with Crippen LogP contribution in [0.3, 0.4) is 0 Å². The normalized spacial score (nSPS) is 16.7. The van der Waals surface area contributed by atoms with Gasteiger partial charge in [0.15, 0.2) is 5.11 Å². The highest BCUT2D eigenvalue weighted by atomic mass is 35.5. The maximum absolute atomic E-state index is 12.1. The summed E-state index contributed by atoms with van der Waals surface area (Å²) in [6.07, 6.45) is 1.76. The van der Waals surface area contributed by atoms with Crippen molar-refractivity contribution in [2.45, 2.75) is 25.9 Å². The highest BCUT2D eigenvalue weighted by Crippen LogP contribution is 2.45. The molecule has 4 aromatic rings. The molecule has 40 heavy (non-hydrogen) atoms. The number of hydrogen-bond acceptors (Lipinski definition) is 5. The molecule has 0 spiro atoms. The minimum Gasteiger partial charge on any atom is -0.490 e. The number of para-hydroxylation sites is 1. The standard InChI is InChI=1S/C30H29ClN4O4S/c1-18-16-22(19(2)34(18)25-10-5-4-8-21(25)29(36)37)28-27(24-9-6-7-13-32-24)33-30(40)35(28)20-11-12-26(23(31)17-20)39-15-14-38-3/h4-13,16-17,27-28H,14-15H2,1-3H3,(H,33,40)(H,36,37)/t27-,28+/m0/s1. The smallest absolute Gasteiger partial charge is 0.337 e. The Kier molecular flexibility index (Phi) is 8.07. The third-order valence-electron chi connectivity index (χ3n) is 7.00. The van der Waals surface area contributed by atoms with Crippen LogP contribution in [0.5, 0.6) is 5.75 Å². The fraction of sp³-hybridized carbons (Fsp3) is 0.233. The van der Waals surface area contributed by atoms with Gasteiger partial charge in [0.25, 0.3) is 0 Å². The highest BCUT2D eigenvalue weighted by molar-refractivity contribution is 7.80. The van der Waals surface area contributed by atoms with Gasteiger partial charge in [-0.05, 0) is 80.2 Å². The van der Waals surface area contributed by atoms with Crippen molar-refractivity contribution >= 4 is 40.6 Å². The number of nitrogens with one attached hydrogen (secondary N) is 1. The maximum atomic E-state index is 12.1. The van der Waals surface area contributed by atoms with Gasteiger partial charge in [0.2, 0.25) is 0 Å². The SMILES string of the molecule is COCCOc1ccc(N2C(=S)N[C@@H](c3ccccn3)[C@H]2c2cc(C)n(-c3ccccc3C(=O)O)c2C)cc1Cl. The van der Waals surface area contributed by atoms with Crippen LogP contribution in [-0.4, -0.2) is 46.1 Å². The first-order chi connectivity index (χ1) is 19.3. The van der Waals surface area contributed by atoms with Gasteiger partial charge in [-0.2, -0.15) is 0 Å². The summed E-state index contributed by atoms with van der Waals surface area (Å²) >= 11 is 12.5. The number of pyridine rings is 1. The predicted octanol–water partition coefficient (Wildman–Crippen LogP) is 6.04. The number of ether oxygens (including phenoxy) is 2. The Morgan fingerprint density at radius 3 is 2.58 bits per heavy atom. The van der Waals surface area contributed by atoms with Gasteiger partial charge >= 0.3 is 5.97 Å². The first-order valence-electron chi connectivity index (χ1n) is 12.7. The van der Waals surface area contributed by atoms with Crippen LogP contribution in [-0.2, 0) is 4.74 Å². The van der Waals surface area contributed by atoms with Crippen LogP contribution in [0.4, 0.5) is 5.69 Å². The number of hydrogen-bond donors (Lipinski definition) is 2. The number of thiocarbonyl (C=S) groups is 1. The fourth-order valence-electron chi connectivity index (χ4n) is 5.25. The van der Waals surface area contributed by atoms with Crippen LogP contribution >= 0.6 is 23.8 Å². The van der Waals surface area contributed by atoms with Gasteiger partial charge < -0.3 is 29.4 Å². The summed E-state index contributed by atoms with van der Waals surface area (Å²) in [5.74, 6) is -0.425. The van der Waals surface area contributed by atoms with Crippen molar-refractivity contribution in [3.63, 3.8) is 0 Å². The number of rotatable bonds is 9. The van der Waals surface area contributed by atoms with Crippen molar-refractivity contribution in [1.29, 1.82) is 0 Å². The van der Waals surface area contributed by atoms with E-state index in [2.05, 4.69) is 16.4 Å². The number of aromatic nitrogens is 2. The molecule has 1 aliphatic heterocycles. The molecule has 0 saturated carbocycles. The van der Waals surface area contributed by atoms with Crippen molar-refractivity contribution in [3.05, 3.63) is 106 Å². The summed E-state index contributed by atoms with van der Waals surface area (Å²) in [6, 6.07) is 19.9. The number of carbonyl (C=O) groups is 1. The number of halogens is 1. The first kappa shape index (κ1) is 27.6. The van der Waals surface area contributed by atoms with Gasteiger partial charge in [-0.15, -0.1) is 0 Å². The summed E-state index contributed by atoms with van der Waals surface area (Å²) in [4.78, 5) is 18.7. The molecule has 206 valence electrons. The van der Waals surface area contributed by atoms with Gasteiger partial charge in [0.05, 0.1) is 40.7 Å². The number of aromatic carboxylic acids is 1. The average molecular weight is 577 g/mol. The Balaban J connectivity index is 1.63. The van der Waals surface area contributed by atoms with Gasteiger partial charge in [0.1, 0.15) is 12.4 Å². The predicted molar refractivity (Wildman–Crippen MR) is 159 cm³/mol. The molecular weight excluding hydrogens is 548 g/mol. The fourth-order valence-corrected chi connectivity index (χ4v) is 5.82. The Hall–Kier alpha value is -3.92. The molecule has 2 atom stereocenters. The molecule has 3 heterocycles. The summed E-state index contributed by atoms with van der Waals surface area (Å²) in [5, 5.41) is 14.3. The number of anilines is 1. The molecule has 2 N–H and O–H groups in total. The molecule has 5 rings (SSSR count). The van der Waals surface area contributed by atoms with E-state index in [-0.39, 0.29) is 17.6 Å². The lowest BCUT2D eigenvalue weighted by molar-refractivity contribution is 0.0697. The lowest BCUT2D eigenvalue weighted by atomic mass is 9.96. The van der Waals surface area contributed by atoms with E-state index in [1.165, 1.54) is 0 Å². The average Bonchev–Trinajstić information content (AvgIpc) is 3.44. The summed E-state index contributed by atoms with van der Waals surface area (Å²) in [6.45, 7) is 4.80. The van der Waals surface area contributed by atoms with Crippen molar-refractivity contribution in [3.8, 4) is 11.4 Å².